The molecule has 12 heteroatoms. The van der Waals surface area contributed by atoms with Crippen molar-refractivity contribution in [3.63, 3.8) is 0 Å². The van der Waals surface area contributed by atoms with E-state index in [1.54, 1.807) is 24.3 Å². The number of methoxy groups -OCH3 is 1. The van der Waals surface area contributed by atoms with Gasteiger partial charge in [-0.15, -0.1) is 0 Å². The molecule has 1 saturated carbocycles. The minimum atomic E-state index is -4.54. The Balaban J connectivity index is 1.69. The Kier molecular flexibility index (Phi) is 8.22. The average molecular weight is 549 g/mol. The van der Waals surface area contributed by atoms with Gasteiger partial charge in [0.15, 0.2) is 0 Å². The number of nitrogens with two attached hydrogens (primary N) is 1. The molecule has 4 rings (SSSR count). The first kappa shape index (κ1) is 28.1. The smallest absolute Gasteiger partial charge is 0.389 e. The lowest BCUT2D eigenvalue weighted by molar-refractivity contribution is -0.146. The SMILES string of the molecule is COc1cccc2c1NC(=O)[C@@H](NC(=O)[C@@H](CC1CC1)[C@@H](CCC(F)(F)F)C(N)=O)N=C2c1cccc(F)c1. The minimum absolute atomic E-state index is 0.0660. The quantitative estimate of drug-likeness (QED) is 0.390. The monoisotopic (exact) mass is 548 g/mol. The maximum atomic E-state index is 14.1. The minimum Gasteiger partial charge on any atom is -0.495 e. The fourth-order valence-corrected chi connectivity index (χ4v) is 4.71. The lowest BCUT2D eigenvalue weighted by Gasteiger charge is -2.26. The molecule has 208 valence electrons. The van der Waals surface area contributed by atoms with Crippen LogP contribution in [0.5, 0.6) is 5.75 Å². The van der Waals surface area contributed by atoms with Gasteiger partial charge in [0.25, 0.3) is 5.91 Å². The van der Waals surface area contributed by atoms with Gasteiger partial charge in [-0.1, -0.05) is 37.1 Å². The molecule has 0 bridgehead atoms. The second-order valence-corrected chi connectivity index (χ2v) is 9.72. The number of rotatable bonds is 10. The molecule has 0 spiro atoms. The van der Waals surface area contributed by atoms with E-state index >= 15 is 0 Å². The van der Waals surface area contributed by atoms with Crippen molar-refractivity contribution in [1.29, 1.82) is 0 Å². The van der Waals surface area contributed by atoms with E-state index in [1.807, 2.05) is 0 Å². The summed E-state index contributed by atoms with van der Waals surface area (Å²) in [6.45, 7) is 0. The molecule has 2 aromatic carbocycles. The number of anilines is 1. The number of nitrogens with one attached hydrogen (secondary N) is 2. The van der Waals surface area contributed by atoms with E-state index in [-0.39, 0.29) is 23.7 Å². The molecule has 3 atom stereocenters. The van der Waals surface area contributed by atoms with Crippen LogP contribution < -0.4 is 21.1 Å². The molecular formula is C27H28F4N4O4. The molecule has 39 heavy (non-hydrogen) atoms. The third-order valence-corrected chi connectivity index (χ3v) is 6.84. The van der Waals surface area contributed by atoms with Gasteiger partial charge in [-0.05, 0) is 37.0 Å². The van der Waals surface area contributed by atoms with Crippen molar-refractivity contribution in [2.24, 2.45) is 28.5 Å². The number of aliphatic imine (C=N–C) groups is 1. The van der Waals surface area contributed by atoms with Crippen molar-refractivity contribution in [3.05, 3.63) is 59.4 Å². The molecule has 0 aromatic heterocycles. The first-order valence-corrected chi connectivity index (χ1v) is 12.4. The number of benzodiazepines with no additional fused rings is 1. The number of benzene rings is 2. The van der Waals surface area contributed by atoms with Gasteiger partial charge in [-0.25, -0.2) is 9.38 Å². The van der Waals surface area contributed by atoms with Crippen molar-refractivity contribution in [3.8, 4) is 5.75 Å². The van der Waals surface area contributed by atoms with Crippen LogP contribution in [0.4, 0.5) is 23.2 Å². The molecule has 8 nitrogen and oxygen atoms in total. The van der Waals surface area contributed by atoms with E-state index in [9.17, 15) is 31.9 Å². The number of para-hydroxylation sites is 1. The Labute approximate surface area is 222 Å². The fraction of sp³-hybridized carbons (Fsp3) is 0.407. The van der Waals surface area contributed by atoms with Crippen LogP contribution in [0, 0.1) is 23.6 Å². The molecule has 3 amide bonds. The highest BCUT2D eigenvalue weighted by molar-refractivity contribution is 6.20. The van der Waals surface area contributed by atoms with E-state index in [0.717, 1.165) is 12.8 Å². The van der Waals surface area contributed by atoms with Crippen LogP contribution in [0.25, 0.3) is 0 Å². The Morgan fingerprint density at radius 2 is 1.90 bits per heavy atom. The van der Waals surface area contributed by atoms with E-state index in [4.69, 9.17) is 10.5 Å². The third kappa shape index (κ3) is 6.92. The van der Waals surface area contributed by atoms with Gasteiger partial charge in [-0.3, -0.25) is 14.4 Å². The Hall–Kier alpha value is -3.96. The van der Waals surface area contributed by atoms with Crippen LogP contribution in [0.1, 0.15) is 43.2 Å². The van der Waals surface area contributed by atoms with Crippen LogP contribution in [0.15, 0.2) is 47.5 Å². The number of carbonyl (C=O) groups is 3. The maximum absolute atomic E-state index is 14.1. The molecule has 0 radical (unpaired) electrons. The van der Waals surface area contributed by atoms with E-state index in [0.29, 0.717) is 16.9 Å². The normalized spacial score (nSPS) is 18.6. The van der Waals surface area contributed by atoms with Gasteiger partial charge in [0, 0.05) is 29.4 Å². The third-order valence-electron chi connectivity index (χ3n) is 6.84. The topological polar surface area (TPSA) is 123 Å². The highest BCUT2D eigenvalue weighted by Crippen LogP contribution is 2.39. The summed E-state index contributed by atoms with van der Waals surface area (Å²) in [4.78, 5) is 43.3. The van der Waals surface area contributed by atoms with Gasteiger partial charge >= 0.3 is 6.18 Å². The van der Waals surface area contributed by atoms with Crippen molar-refractivity contribution in [2.45, 2.75) is 44.4 Å². The van der Waals surface area contributed by atoms with Gasteiger partial charge in [0.05, 0.1) is 18.5 Å². The first-order valence-electron chi connectivity index (χ1n) is 12.4. The van der Waals surface area contributed by atoms with Gasteiger partial charge in [0.1, 0.15) is 11.6 Å². The maximum Gasteiger partial charge on any atom is 0.389 e. The number of nitrogens with zero attached hydrogens (tertiary/aromatic N) is 1. The summed E-state index contributed by atoms with van der Waals surface area (Å²) in [5, 5.41) is 5.17. The number of ether oxygens (including phenoxy) is 1. The highest BCUT2D eigenvalue weighted by Gasteiger charge is 2.41. The summed E-state index contributed by atoms with van der Waals surface area (Å²) in [6.07, 6.45) is -6.31. The van der Waals surface area contributed by atoms with Crippen LogP contribution in [-0.2, 0) is 14.4 Å². The summed E-state index contributed by atoms with van der Waals surface area (Å²) >= 11 is 0. The van der Waals surface area contributed by atoms with E-state index in [2.05, 4.69) is 15.6 Å². The number of hydrogen-bond acceptors (Lipinski definition) is 5. The molecule has 0 saturated heterocycles. The van der Waals surface area contributed by atoms with Gasteiger partial charge < -0.3 is 21.1 Å². The molecule has 4 N–H and O–H groups in total. The number of halogens is 4. The Morgan fingerprint density at radius 1 is 1.18 bits per heavy atom. The summed E-state index contributed by atoms with van der Waals surface area (Å²) < 4.78 is 58.4. The molecule has 2 aromatic rings. The zero-order chi connectivity index (χ0) is 28.3. The number of alkyl halides is 3. The Bertz CT molecular complexity index is 1290. The number of amides is 3. The van der Waals surface area contributed by atoms with Crippen molar-refractivity contribution in [1.82, 2.24) is 5.32 Å². The standard InChI is InChI=1S/C27H28F4N4O4/c1-39-20-7-3-6-18-21(15-4-2-5-16(28)13-15)33-24(26(38)34-22(18)20)35-25(37)19(12-14-8-9-14)17(23(32)36)10-11-27(29,30)31/h2-7,13-14,17,19,24H,8-12H2,1H3,(H2,32,36)(H,34,38)(H,35,37)/t17-,19+,24-/m1/s1. The molecule has 2 aliphatic rings. The zero-order valence-corrected chi connectivity index (χ0v) is 21.1. The zero-order valence-electron chi connectivity index (χ0n) is 21.1. The molecule has 1 heterocycles. The molecular weight excluding hydrogens is 520 g/mol. The summed E-state index contributed by atoms with van der Waals surface area (Å²) in [5.41, 5.74) is 6.59. The van der Waals surface area contributed by atoms with Crippen molar-refractivity contribution >= 4 is 29.1 Å². The van der Waals surface area contributed by atoms with Crippen LogP contribution in [-0.4, -0.2) is 42.9 Å². The average Bonchev–Trinajstić information content (AvgIpc) is 3.70. The van der Waals surface area contributed by atoms with Gasteiger partial charge in [-0.2, -0.15) is 13.2 Å². The predicted molar refractivity (Wildman–Crippen MR) is 134 cm³/mol. The number of fused-ring (bicyclic) bond motifs is 1. The Morgan fingerprint density at radius 3 is 2.51 bits per heavy atom. The summed E-state index contributed by atoms with van der Waals surface area (Å²) in [6, 6.07) is 10.4. The second kappa shape index (κ2) is 11.4. The second-order valence-electron chi connectivity index (χ2n) is 9.72. The van der Waals surface area contributed by atoms with E-state index < -0.39 is 60.6 Å². The number of primary amides is 1. The number of carbonyl (C=O) groups excluding carboxylic acids is 3. The highest BCUT2D eigenvalue weighted by atomic mass is 19.4. The van der Waals surface area contributed by atoms with Crippen molar-refractivity contribution in [2.75, 3.05) is 12.4 Å². The van der Waals surface area contributed by atoms with Gasteiger partial charge in [0.2, 0.25) is 18.0 Å². The first-order chi connectivity index (χ1) is 18.5. The summed E-state index contributed by atoms with van der Waals surface area (Å²) in [7, 11) is 1.40. The number of hydrogen-bond donors (Lipinski definition) is 3. The lowest BCUT2D eigenvalue weighted by Crippen LogP contribution is -2.48. The lowest BCUT2D eigenvalue weighted by atomic mass is 9.83. The molecule has 0 unspecified atom stereocenters. The molecule has 1 aliphatic heterocycles. The van der Waals surface area contributed by atoms with E-state index in [1.165, 1.54) is 25.3 Å². The molecule has 1 fully saturated rings. The summed E-state index contributed by atoms with van der Waals surface area (Å²) in [5.74, 6) is -5.34. The van der Waals surface area contributed by atoms with Crippen LogP contribution >= 0.6 is 0 Å². The van der Waals surface area contributed by atoms with Crippen LogP contribution in [0.3, 0.4) is 0 Å². The fourth-order valence-electron chi connectivity index (χ4n) is 4.71. The molecule has 1 aliphatic carbocycles. The largest absolute Gasteiger partial charge is 0.495 e. The van der Waals surface area contributed by atoms with Crippen molar-refractivity contribution < 1.29 is 36.7 Å². The van der Waals surface area contributed by atoms with Crippen LogP contribution in [0.2, 0.25) is 0 Å². The predicted octanol–water partition coefficient (Wildman–Crippen LogP) is 3.93.